The van der Waals surface area contributed by atoms with Gasteiger partial charge in [-0.05, 0) is 29.8 Å². The lowest BCUT2D eigenvalue weighted by Gasteiger charge is -2.22. The van der Waals surface area contributed by atoms with Gasteiger partial charge in [-0.25, -0.2) is 4.98 Å². The van der Waals surface area contributed by atoms with E-state index in [4.69, 9.17) is 34.8 Å². The zero-order chi connectivity index (χ0) is 17.8. The molecule has 0 aliphatic heterocycles. The Kier molecular flexibility index (Phi) is 6.07. The lowest BCUT2D eigenvalue weighted by molar-refractivity contribution is 0.108. The molecular weight excluding hydrogens is 399 g/mol. The van der Waals surface area contributed by atoms with Crippen LogP contribution < -0.4 is 0 Å². The molecule has 128 valence electrons. The number of alkyl halides is 1. The summed E-state index contributed by atoms with van der Waals surface area (Å²) in [7, 11) is 0. The van der Waals surface area contributed by atoms with E-state index in [1.807, 2.05) is 12.1 Å². The van der Waals surface area contributed by atoms with Crippen LogP contribution in [0.25, 0.3) is 0 Å². The van der Waals surface area contributed by atoms with E-state index in [9.17, 15) is 4.79 Å². The van der Waals surface area contributed by atoms with Gasteiger partial charge in [0, 0.05) is 28.0 Å². The van der Waals surface area contributed by atoms with Gasteiger partial charge in [0.05, 0.1) is 11.6 Å². The maximum absolute atomic E-state index is 12.7. The van der Waals surface area contributed by atoms with Crippen molar-refractivity contribution in [3.8, 4) is 0 Å². The Morgan fingerprint density at radius 2 is 1.84 bits per heavy atom. The lowest BCUT2D eigenvalue weighted by atomic mass is 10.1. The molecule has 2 atom stereocenters. The van der Waals surface area contributed by atoms with Gasteiger partial charge >= 0.3 is 0 Å². The number of benzene rings is 2. The number of hydrogen-bond donors (Lipinski definition) is 0. The number of carbonyl (C=O) groups excluding carboxylic acids is 1. The lowest BCUT2D eigenvalue weighted by Crippen LogP contribution is -2.11. The van der Waals surface area contributed by atoms with Crippen molar-refractivity contribution in [2.45, 2.75) is 10.8 Å². The minimum absolute atomic E-state index is 0.104. The van der Waals surface area contributed by atoms with E-state index in [1.54, 1.807) is 59.7 Å². The number of carbonyl (C=O) groups is 1. The highest BCUT2D eigenvalue weighted by atomic mass is 35.5. The van der Waals surface area contributed by atoms with Crippen molar-refractivity contribution in [3.05, 3.63) is 88.4 Å². The van der Waals surface area contributed by atoms with Gasteiger partial charge in [-0.15, -0.1) is 0 Å². The maximum Gasteiger partial charge on any atom is 0.220 e. The van der Waals surface area contributed by atoms with Gasteiger partial charge in [-0.1, -0.05) is 70.8 Å². The molecular formula is C18H13Cl3N2OS. The Labute approximate surface area is 164 Å². The number of nitrogens with zero attached hydrogens (tertiary/aromatic N) is 2. The number of thioether (sulfide) groups is 1. The molecule has 0 aliphatic carbocycles. The fraction of sp³-hybridized carbons (Fsp3) is 0.111. The number of imidazole rings is 1. The standard InChI is InChI=1S/C18H13Cl3N2OS/c19-14-6-4-12(5-7-14)16(17(21)23-9-8-22-11-23)25-18(24)13-2-1-3-15(20)10-13/h1-11,16-17H. The Hall–Kier alpha value is -1.46. The van der Waals surface area contributed by atoms with Crippen LogP contribution in [0.1, 0.15) is 26.7 Å². The van der Waals surface area contributed by atoms with Crippen molar-refractivity contribution < 1.29 is 4.79 Å². The fourth-order valence-electron chi connectivity index (χ4n) is 2.31. The van der Waals surface area contributed by atoms with Crippen LogP contribution in [-0.4, -0.2) is 14.7 Å². The van der Waals surface area contributed by atoms with E-state index in [-0.39, 0.29) is 10.4 Å². The molecule has 1 heterocycles. The fourth-order valence-corrected chi connectivity index (χ4v) is 4.08. The van der Waals surface area contributed by atoms with E-state index in [0.29, 0.717) is 15.6 Å². The highest BCUT2D eigenvalue weighted by Gasteiger charge is 2.27. The normalized spacial score (nSPS) is 13.4. The summed E-state index contributed by atoms with van der Waals surface area (Å²) in [5.41, 5.74) is 0.946. The van der Waals surface area contributed by atoms with Crippen molar-refractivity contribution in [2.75, 3.05) is 0 Å². The van der Waals surface area contributed by atoms with Crippen LogP contribution in [0.15, 0.2) is 67.3 Å². The van der Waals surface area contributed by atoms with Crippen LogP contribution in [-0.2, 0) is 0 Å². The quantitative estimate of drug-likeness (QED) is 0.466. The summed E-state index contributed by atoms with van der Waals surface area (Å²) in [5.74, 6) is 0. The third kappa shape index (κ3) is 4.59. The molecule has 25 heavy (non-hydrogen) atoms. The third-order valence-corrected chi connectivity index (χ3v) is 5.90. The molecule has 3 rings (SSSR count). The van der Waals surface area contributed by atoms with E-state index in [0.717, 1.165) is 17.3 Å². The largest absolute Gasteiger partial charge is 0.319 e. The minimum Gasteiger partial charge on any atom is -0.319 e. The monoisotopic (exact) mass is 410 g/mol. The first-order valence-corrected chi connectivity index (χ1v) is 9.45. The molecule has 0 amide bonds. The SMILES string of the molecule is O=C(SC(c1ccc(Cl)cc1)C(Cl)n1ccnc1)c1cccc(Cl)c1. The summed E-state index contributed by atoms with van der Waals surface area (Å²) in [6, 6.07) is 14.2. The zero-order valence-electron chi connectivity index (χ0n) is 12.9. The molecule has 2 unspecified atom stereocenters. The smallest absolute Gasteiger partial charge is 0.220 e. The summed E-state index contributed by atoms with van der Waals surface area (Å²) in [6.45, 7) is 0. The van der Waals surface area contributed by atoms with Crippen molar-refractivity contribution in [2.24, 2.45) is 0 Å². The van der Waals surface area contributed by atoms with Crippen LogP contribution >= 0.6 is 46.6 Å². The van der Waals surface area contributed by atoms with E-state index < -0.39 is 5.50 Å². The van der Waals surface area contributed by atoms with E-state index in [2.05, 4.69) is 4.98 Å². The van der Waals surface area contributed by atoms with Gasteiger partial charge in [0.1, 0.15) is 5.50 Å². The molecule has 0 fully saturated rings. The molecule has 7 heteroatoms. The van der Waals surface area contributed by atoms with E-state index >= 15 is 0 Å². The molecule has 2 aromatic carbocycles. The highest BCUT2D eigenvalue weighted by Crippen LogP contribution is 2.43. The minimum atomic E-state index is -0.489. The molecule has 3 nitrogen and oxygen atoms in total. The van der Waals surface area contributed by atoms with Crippen LogP contribution in [0, 0.1) is 0 Å². The molecule has 0 saturated heterocycles. The number of hydrogen-bond acceptors (Lipinski definition) is 3. The summed E-state index contributed by atoms with van der Waals surface area (Å²) < 4.78 is 1.76. The van der Waals surface area contributed by atoms with Gasteiger partial charge in [-0.2, -0.15) is 0 Å². The van der Waals surface area contributed by atoms with Crippen molar-refractivity contribution in [3.63, 3.8) is 0 Å². The molecule has 0 saturated carbocycles. The van der Waals surface area contributed by atoms with Crippen LogP contribution in [0.4, 0.5) is 0 Å². The molecule has 0 radical (unpaired) electrons. The second-order valence-electron chi connectivity index (χ2n) is 5.27. The first kappa shape index (κ1) is 18.3. The first-order valence-electron chi connectivity index (χ1n) is 7.38. The number of aromatic nitrogens is 2. The van der Waals surface area contributed by atoms with Crippen LogP contribution in [0.2, 0.25) is 10.0 Å². The Bertz CT molecular complexity index is 853. The summed E-state index contributed by atoms with van der Waals surface area (Å²) in [5, 5.41) is 0.724. The van der Waals surface area contributed by atoms with Gasteiger partial charge in [0.25, 0.3) is 0 Å². The second kappa shape index (κ2) is 8.28. The molecule has 0 bridgehead atoms. The van der Waals surface area contributed by atoms with Gasteiger partial charge < -0.3 is 4.57 Å². The molecule has 0 N–H and O–H groups in total. The first-order chi connectivity index (χ1) is 12.0. The summed E-state index contributed by atoms with van der Waals surface area (Å²) >= 11 is 19.8. The molecule has 1 aromatic heterocycles. The average molecular weight is 412 g/mol. The third-order valence-electron chi connectivity index (χ3n) is 3.55. The molecule has 0 aliphatic rings. The van der Waals surface area contributed by atoms with Crippen molar-refractivity contribution >= 4 is 51.7 Å². The van der Waals surface area contributed by atoms with Crippen LogP contribution in [0.3, 0.4) is 0 Å². The van der Waals surface area contributed by atoms with Crippen molar-refractivity contribution in [1.82, 2.24) is 9.55 Å². The predicted molar refractivity (Wildman–Crippen MR) is 105 cm³/mol. The number of rotatable bonds is 5. The molecule has 3 aromatic rings. The van der Waals surface area contributed by atoms with Gasteiger partial charge in [-0.3, -0.25) is 4.79 Å². The van der Waals surface area contributed by atoms with Crippen LogP contribution in [0.5, 0.6) is 0 Å². The topological polar surface area (TPSA) is 34.9 Å². The second-order valence-corrected chi connectivity index (χ2v) is 7.70. The Morgan fingerprint density at radius 3 is 2.48 bits per heavy atom. The van der Waals surface area contributed by atoms with Gasteiger partial charge in [0.15, 0.2) is 0 Å². The van der Waals surface area contributed by atoms with Crippen molar-refractivity contribution in [1.29, 1.82) is 0 Å². The Balaban J connectivity index is 1.90. The Morgan fingerprint density at radius 1 is 1.08 bits per heavy atom. The average Bonchev–Trinajstić information content (AvgIpc) is 3.14. The maximum atomic E-state index is 12.7. The van der Waals surface area contributed by atoms with E-state index in [1.165, 1.54) is 0 Å². The zero-order valence-corrected chi connectivity index (χ0v) is 15.9. The summed E-state index contributed by atoms with van der Waals surface area (Å²) in [4.78, 5) is 16.7. The molecule has 0 spiro atoms. The van der Waals surface area contributed by atoms with Gasteiger partial charge in [0.2, 0.25) is 5.12 Å². The highest BCUT2D eigenvalue weighted by molar-refractivity contribution is 8.14. The predicted octanol–water partition coefficient (Wildman–Crippen LogP) is 6.24. The number of halogens is 3. The summed E-state index contributed by atoms with van der Waals surface area (Å²) in [6.07, 6.45) is 5.05.